The van der Waals surface area contributed by atoms with E-state index in [0.717, 1.165) is 10.2 Å². The van der Waals surface area contributed by atoms with Gasteiger partial charge in [-0.2, -0.15) is 0 Å². The third-order valence-corrected chi connectivity index (χ3v) is 4.24. The number of amides is 2. The fourth-order valence-corrected chi connectivity index (χ4v) is 2.93. The second-order valence-corrected chi connectivity index (χ2v) is 6.60. The van der Waals surface area contributed by atoms with Gasteiger partial charge in [0.05, 0.1) is 19.6 Å². The van der Waals surface area contributed by atoms with Gasteiger partial charge in [-0.05, 0) is 24.6 Å². The minimum Gasteiger partial charge on any atom is -0.466 e. The highest BCUT2D eigenvalue weighted by Gasteiger charge is 2.34. The molecule has 2 rings (SSSR count). The Kier molecular flexibility index (Phi) is 7.24. The number of benzene rings is 1. The van der Waals surface area contributed by atoms with Crippen molar-refractivity contribution in [3.63, 3.8) is 0 Å². The maximum Gasteiger partial charge on any atom is 0.308 e. The van der Waals surface area contributed by atoms with Crippen molar-refractivity contribution in [1.82, 2.24) is 10.2 Å². The van der Waals surface area contributed by atoms with Crippen LogP contribution in [0.25, 0.3) is 0 Å². The van der Waals surface area contributed by atoms with Crippen LogP contribution in [0.15, 0.2) is 28.7 Å². The lowest BCUT2D eigenvalue weighted by Gasteiger charge is -2.34. The molecule has 2 N–H and O–H groups in total. The third-order valence-electron chi connectivity index (χ3n) is 3.75. The molecular formula is C17H22BrN3O4. The Hall–Kier alpha value is -2.09. The number of hydrogen-bond donors (Lipinski definition) is 2. The van der Waals surface area contributed by atoms with Gasteiger partial charge in [0.1, 0.15) is 6.04 Å². The predicted molar refractivity (Wildman–Crippen MR) is 97.0 cm³/mol. The first-order valence-corrected chi connectivity index (χ1v) is 9.02. The number of anilines is 1. The molecule has 1 aliphatic rings. The minimum absolute atomic E-state index is 0.0459. The second-order valence-electron chi connectivity index (χ2n) is 5.68. The van der Waals surface area contributed by atoms with Crippen LogP contribution in [-0.2, 0) is 19.1 Å². The van der Waals surface area contributed by atoms with Gasteiger partial charge in [-0.15, -0.1) is 0 Å². The van der Waals surface area contributed by atoms with Gasteiger partial charge in [0.15, 0.2) is 0 Å². The van der Waals surface area contributed by atoms with Crippen molar-refractivity contribution in [1.29, 1.82) is 0 Å². The summed E-state index contributed by atoms with van der Waals surface area (Å²) in [5.41, 5.74) is 0.795. The molecule has 1 aromatic rings. The van der Waals surface area contributed by atoms with Crippen molar-refractivity contribution in [3.05, 3.63) is 28.7 Å². The maximum absolute atomic E-state index is 12.5. The molecule has 1 heterocycles. The van der Waals surface area contributed by atoms with Crippen LogP contribution in [0.1, 0.15) is 19.8 Å². The molecule has 1 aromatic carbocycles. The van der Waals surface area contributed by atoms with E-state index in [0.29, 0.717) is 26.1 Å². The van der Waals surface area contributed by atoms with E-state index in [2.05, 4.69) is 26.6 Å². The van der Waals surface area contributed by atoms with Crippen molar-refractivity contribution in [2.75, 3.05) is 31.6 Å². The molecule has 0 aliphatic carbocycles. The van der Waals surface area contributed by atoms with Crippen LogP contribution in [0.3, 0.4) is 0 Å². The average Bonchev–Trinajstić information content (AvgIpc) is 2.59. The highest BCUT2D eigenvalue weighted by atomic mass is 79.9. The highest BCUT2D eigenvalue weighted by molar-refractivity contribution is 9.10. The van der Waals surface area contributed by atoms with Gasteiger partial charge in [0.25, 0.3) is 0 Å². The standard InChI is InChI=1S/C17H22BrN3O4/c1-2-8-25-16(23)10-14-17(24)19-6-7-21(14)15(22)11-20-13-5-3-4-12(18)9-13/h3-5,9,14,20H,2,6-8,10-11H2,1H3,(H,19,24). The molecule has 0 aromatic heterocycles. The van der Waals surface area contributed by atoms with Crippen LogP contribution >= 0.6 is 15.9 Å². The van der Waals surface area contributed by atoms with Crippen molar-refractivity contribution < 1.29 is 19.1 Å². The first-order chi connectivity index (χ1) is 12.0. The van der Waals surface area contributed by atoms with Gasteiger partial charge in [-0.3, -0.25) is 14.4 Å². The number of ether oxygens (including phenoxy) is 1. The van der Waals surface area contributed by atoms with Crippen molar-refractivity contribution in [2.24, 2.45) is 0 Å². The predicted octanol–water partition coefficient (Wildman–Crippen LogP) is 1.53. The van der Waals surface area contributed by atoms with Crippen LogP contribution in [0.5, 0.6) is 0 Å². The molecule has 136 valence electrons. The fraction of sp³-hybridized carbons (Fsp3) is 0.471. The van der Waals surface area contributed by atoms with Crippen LogP contribution in [0.2, 0.25) is 0 Å². The summed E-state index contributed by atoms with van der Waals surface area (Å²) in [6, 6.07) is 6.63. The smallest absolute Gasteiger partial charge is 0.308 e. The van der Waals surface area contributed by atoms with E-state index in [1.165, 1.54) is 4.90 Å². The SMILES string of the molecule is CCCOC(=O)CC1C(=O)NCCN1C(=O)CNc1cccc(Br)c1. The summed E-state index contributed by atoms with van der Waals surface area (Å²) < 4.78 is 5.94. The van der Waals surface area contributed by atoms with Crippen molar-refractivity contribution in [2.45, 2.75) is 25.8 Å². The van der Waals surface area contributed by atoms with Gasteiger partial charge in [-0.1, -0.05) is 28.9 Å². The fourth-order valence-electron chi connectivity index (χ4n) is 2.53. The third kappa shape index (κ3) is 5.74. The molecule has 2 amide bonds. The zero-order valence-corrected chi connectivity index (χ0v) is 15.7. The van der Waals surface area contributed by atoms with E-state index in [4.69, 9.17) is 4.74 Å². The Morgan fingerprint density at radius 3 is 2.96 bits per heavy atom. The molecule has 1 fully saturated rings. The molecule has 0 radical (unpaired) electrons. The zero-order valence-electron chi connectivity index (χ0n) is 14.1. The van der Waals surface area contributed by atoms with E-state index in [1.807, 2.05) is 31.2 Å². The molecule has 7 nitrogen and oxygen atoms in total. The topological polar surface area (TPSA) is 87.7 Å². The highest BCUT2D eigenvalue weighted by Crippen LogP contribution is 2.16. The van der Waals surface area contributed by atoms with E-state index < -0.39 is 12.0 Å². The second kappa shape index (κ2) is 9.41. The largest absolute Gasteiger partial charge is 0.466 e. The number of carbonyl (C=O) groups is 3. The molecule has 0 bridgehead atoms. The normalized spacial score (nSPS) is 17.0. The number of halogens is 1. The Labute approximate surface area is 155 Å². The molecule has 1 aliphatic heterocycles. The lowest BCUT2D eigenvalue weighted by Crippen LogP contribution is -2.58. The van der Waals surface area contributed by atoms with Gasteiger partial charge in [0.2, 0.25) is 11.8 Å². The summed E-state index contributed by atoms with van der Waals surface area (Å²) >= 11 is 3.37. The van der Waals surface area contributed by atoms with Gasteiger partial charge in [0, 0.05) is 23.2 Å². The Morgan fingerprint density at radius 1 is 1.44 bits per heavy atom. The maximum atomic E-state index is 12.5. The van der Waals surface area contributed by atoms with E-state index in [9.17, 15) is 14.4 Å². The summed E-state index contributed by atoms with van der Waals surface area (Å²) in [5.74, 6) is -1.03. The number of rotatable bonds is 7. The lowest BCUT2D eigenvalue weighted by atomic mass is 10.1. The number of carbonyl (C=O) groups excluding carboxylic acids is 3. The zero-order chi connectivity index (χ0) is 18.2. The molecule has 1 atom stereocenters. The minimum atomic E-state index is -0.824. The number of piperazine rings is 1. The number of esters is 1. The first-order valence-electron chi connectivity index (χ1n) is 8.23. The molecule has 1 unspecified atom stereocenters. The number of hydrogen-bond acceptors (Lipinski definition) is 5. The summed E-state index contributed by atoms with van der Waals surface area (Å²) in [6.45, 7) is 3.00. The van der Waals surface area contributed by atoms with E-state index >= 15 is 0 Å². The van der Waals surface area contributed by atoms with Crippen molar-refractivity contribution in [3.8, 4) is 0 Å². The van der Waals surface area contributed by atoms with E-state index in [-0.39, 0.29) is 24.8 Å². The molecular weight excluding hydrogens is 390 g/mol. The molecule has 0 spiro atoms. The van der Waals surface area contributed by atoms with Crippen LogP contribution in [0, 0.1) is 0 Å². The van der Waals surface area contributed by atoms with Crippen molar-refractivity contribution >= 4 is 39.4 Å². The Balaban J connectivity index is 1.96. The molecule has 0 saturated carbocycles. The average molecular weight is 412 g/mol. The van der Waals surface area contributed by atoms with Crippen LogP contribution in [0.4, 0.5) is 5.69 Å². The summed E-state index contributed by atoms with van der Waals surface area (Å²) in [7, 11) is 0. The van der Waals surface area contributed by atoms with Gasteiger partial charge in [-0.25, -0.2) is 0 Å². The summed E-state index contributed by atoms with van der Waals surface area (Å²) in [4.78, 5) is 37.9. The van der Waals surface area contributed by atoms with Gasteiger partial charge >= 0.3 is 5.97 Å². The monoisotopic (exact) mass is 411 g/mol. The number of nitrogens with zero attached hydrogens (tertiary/aromatic N) is 1. The molecule has 8 heteroatoms. The quantitative estimate of drug-likeness (QED) is 0.664. The summed E-state index contributed by atoms with van der Waals surface area (Å²) in [5, 5.41) is 5.73. The van der Waals surface area contributed by atoms with Crippen LogP contribution in [-0.4, -0.2) is 55.0 Å². The number of nitrogens with one attached hydrogen (secondary N) is 2. The van der Waals surface area contributed by atoms with E-state index in [1.54, 1.807) is 0 Å². The molecule has 1 saturated heterocycles. The molecule has 25 heavy (non-hydrogen) atoms. The lowest BCUT2D eigenvalue weighted by molar-refractivity contribution is -0.151. The summed E-state index contributed by atoms with van der Waals surface area (Å²) in [6.07, 6.45) is 0.580. The Bertz CT molecular complexity index is 638. The van der Waals surface area contributed by atoms with Gasteiger partial charge < -0.3 is 20.3 Å². The first kappa shape index (κ1) is 19.2. The Morgan fingerprint density at radius 2 is 2.24 bits per heavy atom. The van der Waals surface area contributed by atoms with Crippen LogP contribution < -0.4 is 10.6 Å².